The Balaban J connectivity index is 1.72. The molecule has 0 bridgehead atoms. The van der Waals surface area contributed by atoms with Crippen molar-refractivity contribution in [2.75, 3.05) is 10.6 Å². The summed E-state index contributed by atoms with van der Waals surface area (Å²) in [6.45, 7) is 0. The number of carbonyl (C=O) groups excluding carboxylic acids is 1. The summed E-state index contributed by atoms with van der Waals surface area (Å²) >= 11 is 0. The van der Waals surface area contributed by atoms with Crippen molar-refractivity contribution in [2.24, 2.45) is 0 Å². The summed E-state index contributed by atoms with van der Waals surface area (Å²) in [4.78, 5) is 15.9. The van der Waals surface area contributed by atoms with Gasteiger partial charge < -0.3 is 10.6 Å². The first-order valence-corrected chi connectivity index (χ1v) is 7.37. The summed E-state index contributed by atoms with van der Waals surface area (Å²) in [5, 5.41) is 4.90. The molecule has 0 fully saturated rings. The van der Waals surface area contributed by atoms with E-state index >= 15 is 0 Å². The van der Waals surface area contributed by atoms with Crippen LogP contribution in [-0.2, 0) is 0 Å². The van der Waals surface area contributed by atoms with E-state index in [1.807, 2.05) is 0 Å². The fourth-order valence-electron chi connectivity index (χ4n) is 2.14. The van der Waals surface area contributed by atoms with Crippen molar-refractivity contribution >= 4 is 23.0 Å². The molecule has 0 aliphatic rings. The van der Waals surface area contributed by atoms with Crippen LogP contribution in [0.5, 0.6) is 0 Å². The van der Waals surface area contributed by atoms with Gasteiger partial charge in [0.2, 0.25) is 0 Å². The molecule has 1 aromatic heterocycles. The smallest absolute Gasteiger partial charge is 0.274 e. The Morgan fingerprint density at radius 1 is 0.808 bits per heavy atom. The molecule has 1 amide bonds. The highest BCUT2D eigenvalue weighted by Crippen LogP contribution is 2.20. The molecule has 0 aliphatic heterocycles. The van der Waals surface area contributed by atoms with E-state index in [4.69, 9.17) is 0 Å². The van der Waals surface area contributed by atoms with Crippen molar-refractivity contribution in [1.82, 2.24) is 4.98 Å². The van der Waals surface area contributed by atoms with E-state index in [0.29, 0.717) is 5.69 Å². The number of rotatable bonds is 4. The van der Waals surface area contributed by atoms with Crippen LogP contribution in [0, 0.1) is 23.3 Å². The van der Waals surface area contributed by atoms with Gasteiger partial charge in [0.1, 0.15) is 23.0 Å². The molecule has 26 heavy (non-hydrogen) atoms. The van der Waals surface area contributed by atoms with Crippen molar-refractivity contribution in [3.05, 3.63) is 83.7 Å². The number of hydrogen-bond acceptors (Lipinski definition) is 3. The van der Waals surface area contributed by atoms with Crippen molar-refractivity contribution < 1.29 is 22.4 Å². The Labute approximate surface area is 145 Å². The highest BCUT2D eigenvalue weighted by Gasteiger charge is 2.14. The zero-order chi connectivity index (χ0) is 18.7. The molecule has 0 saturated carbocycles. The zero-order valence-corrected chi connectivity index (χ0v) is 13.1. The number of nitrogens with one attached hydrogen (secondary N) is 2. The molecule has 0 atom stereocenters. The fourth-order valence-corrected chi connectivity index (χ4v) is 2.14. The van der Waals surface area contributed by atoms with Crippen LogP contribution in [0.25, 0.3) is 0 Å². The molecule has 0 unspecified atom stereocenters. The van der Waals surface area contributed by atoms with Crippen molar-refractivity contribution in [3.63, 3.8) is 0 Å². The lowest BCUT2D eigenvalue weighted by atomic mass is 10.2. The molecule has 0 radical (unpaired) electrons. The largest absolute Gasteiger partial charge is 0.354 e. The van der Waals surface area contributed by atoms with Crippen molar-refractivity contribution in [2.45, 2.75) is 0 Å². The summed E-state index contributed by atoms with van der Waals surface area (Å²) < 4.78 is 53.2. The van der Waals surface area contributed by atoms with Gasteiger partial charge in [0.25, 0.3) is 5.91 Å². The lowest BCUT2D eigenvalue weighted by Gasteiger charge is -2.09. The SMILES string of the molecule is O=C(Nc1c(F)cccc1F)c1ccc(Nc2ccc(F)c(F)c2)cn1. The molecule has 1 heterocycles. The first-order valence-electron chi connectivity index (χ1n) is 7.37. The van der Waals surface area contributed by atoms with E-state index in [-0.39, 0.29) is 11.4 Å². The average molecular weight is 361 g/mol. The Hall–Kier alpha value is -3.42. The van der Waals surface area contributed by atoms with E-state index in [1.165, 1.54) is 30.5 Å². The predicted molar refractivity (Wildman–Crippen MR) is 88.2 cm³/mol. The van der Waals surface area contributed by atoms with Crippen LogP contribution in [0.4, 0.5) is 34.6 Å². The lowest BCUT2D eigenvalue weighted by Crippen LogP contribution is -2.15. The predicted octanol–water partition coefficient (Wildman–Crippen LogP) is 4.63. The van der Waals surface area contributed by atoms with Gasteiger partial charge in [0.05, 0.1) is 11.9 Å². The summed E-state index contributed by atoms with van der Waals surface area (Å²) in [6.07, 6.45) is 1.27. The Morgan fingerprint density at radius 2 is 1.50 bits per heavy atom. The molecule has 2 N–H and O–H groups in total. The minimum absolute atomic E-state index is 0.0801. The third kappa shape index (κ3) is 3.80. The van der Waals surface area contributed by atoms with Gasteiger partial charge >= 0.3 is 0 Å². The number of carbonyl (C=O) groups is 1. The third-order valence-electron chi connectivity index (χ3n) is 3.41. The summed E-state index contributed by atoms with van der Waals surface area (Å²) in [5.74, 6) is -4.59. The maximum atomic E-state index is 13.6. The highest BCUT2D eigenvalue weighted by molar-refractivity contribution is 6.03. The molecule has 8 heteroatoms. The van der Waals surface area contributed by atoms with Gasteiger partial charge in [-0.1, -0.05) is 6.07 Å². The van der Waals surface area contributed by atoms with E-state index in [2.05, 4.69) is 15.6 Å². The maximum Gasteiger partial charge on any atom is 0.274 e. The molecule has 0 spiro atoms. The van der Waals surface area contributed by atoms with Gasteiger partial charge in [-0.2, -0.15) is 0 Å². The summed E-state index contributed by atoms with van der Waals surface area (Å²) in [6, 6.07) is 9.25. The van der Waals surface area contributed by atoms with Gasteiger partial charge in [-0.25, -0.2) is 22.5 Å². The molecule has 0 saturated heterocycles. The summed E-state index contributed by atoms with van der Waals surface area (Å²) in [7, 11) is 0. The molecule has 132 valence electrons. The number of aromatic nitrogens is 1. The second kappa shape index (κ2) is 7.22. The van der Waals surface area contributed by atoms with Crippen LogP contribution in [0.3, 0.4) is 0 Å². The van der Waals surface area contributed by atoms with Gasteiger partial charge in [0.15, 0.2) is 11.6 Å². The molecule has 3 rings (SSSR count). The number of hydrogen-bond donors (Lipinski definition) is 2. The minimum atomic E-state index is -1.01. The Morgan fingerprint density at radius 3 is 2.12 bits per heavy atom. The molecule has 0 aliphatic carbocycles. The second-order valence-electron chi connectivity index (χ2n) is 5.24. The molecular formula is C18H11F4N3O. The number of amides is 1. The van der Waals surface area contributed by atoms with E-state index in [0.717, 1.165) is 24.3 Å². The van der Waals surface area contributed by atoms with Crippen molar-refractivity contribution in [1.29, 1.82) is 0 Å². The van der Waals surface area contributed by atoms with Crippen LogP contribution in [-0.4, -0.2) is 10.9 Å². The number of nitrogens with zero attached hydrogens (tertiary/aromatic N) is 1. The minimum Gasteiger partial charge on any atom is -0.354 e. The quantitative estimate of drug-likeness (QED) is 0.666. The van der Waals surface area contributed by atoms with Gasteiger partial charge in [-0.3, -0.25) is 4.79 Å². The highest BCUT2D eigenvalue weighted by atomic mass is 19.2. The molecule has 2 aromatic carbocycles. The van der Waals surface area contributed by atoms with Crippen molar-refractivity contribution in [3.8, 4) is 0 Å². The first-order chi connectivity index (χ1) is 12.4. The zero-order valence-electron chi connectivity index (χ0n) is 13.1. The topological polar surface area (TPSA) is 54.0 Å². The van der Waals surface area contributed by atoms with Crippen LogP contribution in [0.15, 0.2) is 54.7 Å². The fraction of sp³-hybridized carbons (Fsp3) is 0. The van der Waals surface area contributed by atoms with E-state index in [9.17, 15) is 22.4 Å². The van der Waals surface area contributed by atoms with Gasteiger partial charge in [-0.15, -0.1) is 0 Å². The van der Waals surface area contributed by atoms with Gasteiger partial charge in [0, 0.05) is 11.8 Å². The first kappa shape index (κ1) is 17.4. The van der Waals surface area contributed by atoms with Crippen LogP contribution in [0.2, 0.25) is 0 Å². The molecule has 3 aromatic rings. The van der Waals surface area contributed by atoms with Crippen LogP contribution in [0.1, 0.15) is 10.5 Å². The number of para-hydroxylation sites is 1. The molecular weight excluding hydrogens is 350 g/mol. The standard InChI is InChI=1S/C18H11F4N3O/c19-12-6-4-10(8-15(12)22)24-11-5-7-16(23-9-11)18(26)25-17-13(20)2-1-3-14(17)21/h1-9,24H,(H,25,26). The Bertz CT molecular complexity index is 941. The lowest BCUT2D eigenvalue weighted by molar-refractivity contribution is 0.102. The van der Waals surface area contributed by atoms with Gasteiger partial charge in [-0.05, 0) is 36.4 Å². The second-order valence-corrected chi connectivity index (χ2v) is 5.24. The van der Waals surface area contributed by atoms with E-state index in [1.54, 1.807) is 0 Å². The van der Waals surface area contributed by atoms with E-state index < -0.39 is 34.9 Å². The van der Waals surface area contributed by atoms with Crippen LogP contribution >= 0.6 is 0 Å². The summed E-state index contributed by atoms with van der Waals surface area (Å²) in [5.41, 5.74) is 0.0488. The third-order valence-corrected chi connectivity index (χ3v) is 3.41. The average Bonchev–Trinajstić information content (AvgIpc) is 2.62. The number of pyridine rings is 1. The molecule has 4 nitrogen and oxygen atoms in total. The normalized spacial score (nSPS) is 10.5. The number of benzene rings is 2. The maximum absolute atomic E-state index is 13.6. The Kier molecular flexibility index (Phi) is 4.83. The van der Waals surface area contributed by atoms with Crippen LogP contribution < -0.4 is 10.6 Å². The number of anilines is 3. The number of halogens is 4. The monoisotopic (exact) mass is 361 g/mol.